The van der Waals surface area contributed by atoms with Crippen LogP contribution in [0.3, 0.4) is 0 Å². The highest BCUT2D eigenvalue weighted by molar-refractivity contribution is 7.89. The Morgan fingerprint density at radius 2 is 2.06 bits per heavy atom. The van der Waals surface area contributed by atoms with E-state index in [4.69, 9.17) is 0 Å². The maximum atomic E-state index is 11.8. The van der Waals surface area contributed by atoms with Gasteiger partial charge in [-0.3, -0.25) is 5.10 Å². The average molecular weight is 245 g/mol. The third-order valence-corrected chi connectivity index (χ3v) is 3.87. The number of rotatable bonds is 6. The van der Waals surface area contributed by atoms with Gasteiger partial charge < -0.3 is 0 Å². The molecule has 5 nitrogen and oxygen atoms in total. The summed E-state index contributed by atoms with van der Waals surface area (Å²) in [5.41, 5.74) is 0. The van der Waals surface area contributed by atoms with E-state index in [-0.39, 0.29) is 10.9 Å². The van der Waals surface area contributed by atoms with E-state index in [1.165, 1.54) is 12.4 Å². The number of nitrogens with zero attached hydrogens (tertiary/aromatic N) is 1. The third-order valence-electron chi connectivity index (χ3n) is 2.32. The lowest BCUT2D eigenvalue weighted by atomic mass is 10.1. The van der Waals surface area contributed by atoms with Gasteiger partial charge in [0, 0.05) is 12.2 Å². The van der Waals surface area contributed by atoms with Gasteiger partial charge in [-0.1, -0.05) is 13.8 Å². The minimum Gasteiger partial charge on any atom is -0.284 e. The van der Waals surface area contributed by atoms with Crippen molar-refractivity contribution in [3.63, 3.8) is 0 Å². The molecule has 0 spiro atoms. The van der Waals surface area contributed by atoms with Crippen molar-refractivity contribution in [2.24, 2.45) is 5.92 Å². The summed E-state index contributed by atoms with van der Waals surface area (Å²) in [6, 6.07) is -0.0534. The van der Waals surface area contributed by atoms with Crippen LogP contribution in [-0.2, 0) is 10.0 Å². The van der Waals surface area contributed by atoms with Gasteiger partial charge in [0.2, 0.25) is 10.0 Å². The molecule has 0 aliphatic rings. The molecule has 0 fully saturated rings. The van der Waals surface area contributed by atoms with Crippen molar-refractivity contribution < 1.29 is 8.42 Å². The van der Waals surface area contributed by atoms with Crippen LogP contribution in [0, 0.1) is 5.92 Å². The quantitative estimate of drug-likeness (QED) is 0.797. The first-order valence-corrected chi connectivity index (χ1v) is 6.91. The van der Waals surface area contributed by atoms with Crippen molar-refractivity contribution in [3.8, 4) is 0 Å². The summed E-state index contributed by atoms with van der Waals surface area (Å²) in [4.78, 5) is 0.184. The second-order valence-corrected chi connectivity index (χ2v) is 6.14. The fourth-order valence-corrected chi connectivity index (χ4v) is 2.54. The standard InChI is InChI=1S/C10H19N3O2S/c1-8(2)4-5-9(3)13-16(14,15)10-6-11-12-7-10/h6-9,13H,4-5H2,1-3H3,(H,11,12). The molecular formula is C10H19N3O2S. The van der Waals surface area contributed by atoms with E-state index < -0.39 is 10.0 Å². The van der Waals surface area contributed by atoms with Crippen LogP contribution in [-0.4, -0.2) is 24.7 Å². The highest BCUT2D eigenvalue weighted by Crippen LogP contribution is 2.10. The normalized spacial score (nSPS) is 14.2. The Hall–Kier alpha value is -0.880. The van der Waals surface area contributed by atoms with Crippen molar-refractivity contribution in [1.29, 1.82) is 0 Å². The number of aromatic amines is 1. The molecule has 0 amide bonds. The molecule has 0 radical (unpaired) electrons. The van der Waals surface area contributed by atoms with Crippen LogP contribution < -0.4 is 4.72 Å². The number of nitrogens with one attached hydrogen (secondary N) is 2. The smallest absolute Gasteiger partial charge is 0.243 e. The number of sulfonamides is 1. The summed E-state index contributed by atoms with van der Waals surface area (Å²) in [5, 5.41) is 6.12. The lowest BCUT2D eigenvalue weighted by molar-refractivity contribution is 0.485. The molecule has 16 heavy (non-hydrogen) atoms. The minimum atomic E-state index is -3.41. The van der Waals surface area contributed by atoms with Gasteiger partial charge in [0.1, 0.15) is 4.90 Å². The molecule has 1 heterocycles. The molecule has 0 aliphatic carbocycles. The molecular weight excluding hydrogens is 226 g/mol. The largest absolute Gasteiger partial charge is 0.284 e. The monoisotopic (exact) mass is 245 g/mol. The average Bonchev–Trinajstić information content (AvgIpc) is 2.67. The summed E-state index contributed by atoms with van der Waals surface area (Å²) in [6.07, 6.45) is 4.53. The zero-order valence-corrected chi connectivity index (χ0v) is 10.7. The van der Waals surface area contributed by atoms with Crippen molar-refractivity contribution in [2.75, 3.05) is 0 Å². The van der Waals surface area contributed by atoms with Gasteiger partial charge in [0.25, 0.3) is 0 Å². The van der Waals surface area contributed by atoms with E-state index in [1.54, 1.807) is 0 Å². The van der Waals surface area contributed by atoms with Crippen LogP contribution in [0.25, 0.3) is 0 Å². The SMILES string of the molecule is CC(C)CCC(C)NS(=O)(=O)c1cn[nH]c1. The molecule has 1 rings (SSSR count). The summed E-state index contributed by atoms with van der Waals surface area (Å²) >= 11 is 0. The van der Waals surface area contributed by atoms with Crippen LogP contribution in [0.1, 0.15) is 33.6 Å². The van der Waals surface area contributed by atoms with Crippen LogP contribution in [0.4, 0.5) is 0 Å². The predicted molar refractivity (Wildman–Crippen MR) is 62.4 cm³/mol. The van der Waals surface area contributed by atoms with E-state index >= 15 is 0 Å². The number of hydrogen-bond acceptors (Lipinski definition) is 3. The Morgan fingerprint density at radius 3 is 2.56 bits per heavy atom. The summed E-state index contributed by atoms with van der Waals surface area (Å²) in [6.45, 7) is 6.12. The molecule has 2 N–H and O–H groups in total. The molecule has 0 saturated heterocycles. The van der Waals surface area contributed by atoms with E-state index in [9.17, 15) is 8.42 Å². The number of H-pyrrole nitrogens is 1. The first kappa shape index (κ1) is 13.2. The van der Waals surface area contributed by atoms with Gasteiger partial charge >= 0.3 is 0 Å². The van der Waals surface area contributed by atoms with Gasteiger partial charge in [-0.05, 0) is 25.7 Å². The molecule has 0 bridgehead atoms. The Morgan fingerprint density at radius 1 is 1.38 bits per heavy atom. The fraction of sp³-hybridized carbons (Fsp3) is 0.700. The maximum Gasteiger partial charge on any atom is 0.243 e. The summed E-state index contributed by atoms with van der Waals surface area (Å²) in [5.74, 6) is 0.584. The second-order valence-electron chi connectivity index (χ2n) is 4.43. The molecule has 1 unspecified atom stereocenters. The van der Waals surface area contributed by atoms with Gasteiger partial charge in [-0.25, -0.2) is 13.1 Å². The Kier molecular flexibility index (Phi) is 4.49. The fourth-order valence-electron chi connectivity index (χ4n) is 1.36. The molecule has 0 aliphatic heterocycles. The topological polar surface area (TPSA) is 74.8 Å². The molecule has 6 heteroatoms. The van der Waals surface area contributed by atoms with E-state index in [0.717, 1.165) is 12.8 Å². The van der Waals surface area contributed by atoms with E-state index in [0.29, 0.717) is 5.92 Å². The molecule has 0 saturated carbocycles. The first-order chi connectivity index (χ1) is 7.42. The molecule has 1 aromatic heterocycles. The van der Waals surface area contributed by atoms with E-state index in [1.807, 2.05) is 6.92 Å². The third kappa shape index (κ3) is 3.94. The lowest BCUT2D eigenvalue weighted by Gasteiger charge is -2.14. The number of aromatic nitrogens is 2. The predicted octanol–water partition coefficient (Wildman–Crippen LogP) is 1.51. The zero-order valence-electron chi connectivity index (χ0n) is 9.90. The molecule has 0 aromatic carbocycles. The number of hydrogen-bond donors (Lipinski definition) is 2. The lowest BCUT2D eigenvalue weighted by Crippen LogP contribution is -2.32. The van der Waals surface area contributed by atoms with Crippen molar-refractivity contribution in [2.45, 2.75) is 44.6 Å². The maximum absolute atomic E-state index is 11.8. The van der Waals surface area contributed by atoms with Crippen molar-refractivity contribution in [1.82, 2.24) is 14.9 Å². The van der Waals surface area contributed by atoms with Crippen LogP contribution in [0.2, 0.25) is 0 Å². The van der Waals surface area contributed by atoms with Gasteiger partial charge in [0.15, 0.2) is 0 Å². The summed E-state index contributed by atoms with van der Waals surface area (Å²) < 4.78 is 26.2. The van der Waals surface area contributed by atoms with Crippen molar-refractivity contribution in [3.05, 3.63) is 12.4 Å². The molecule has 92 valence electrons. The first-order valence-electron chi connectivity index (χ1n) is 5.43. The highest BCUT2D eigenvalue weighted by atomic mass is 32.2. The van der Waals surface area contributed by atoms with E-state index in [2.05, 4.69) is 28.8 Å². The highest BCUT2D eigenvalue weighted by Gasteiger charge is 2.18. The molecule has 1 aromatic rings. The van der Waals surface area contributed by atoms with Gasteiger partial charge in [0.05, 0.1) is 6.20 Å². The minimum absolute atomic E-state index is 0.0534. The van der Waals surface area contributed by atoms with Crippen molar-refractivity contribution >= 4 is 10.0 Å². The molecule has 1 atom stereocenters. The summed E-state index contributed by atoms with van der Waals surface area (Å²) in [7, 11) is -3.41. The van der Waals surface area contributed by atoms with Crippen LogP contribution >= 0.6 is 0 Å². The van der Waals surface area contributed by atoms with Gasteiger partial charge in [-0.15, -0.1) is 0 Å². The zero-order chi connectivity index (χ0) is 12.2. The van der Waals surface area contributed by atoms with Crippen LogP contribution in [0.5, 0.6) is 0 Å². The second kappa shape index (κ2) is 5.45. The van der Waals surface area contributed by atoms with Crippen LogP contribution in [0.15, 0.2) is 17.3 Å². The Labute approximate surface area is 96.7 Å². The van der Waals surface area contributed by atoms with Gasteiger partial charge in [-0.2, -0.15) is 5.10 Å². The Balaban J connectivity index is 2.54. The Bertz CT molecular complexity index is 398.